The predicted octanol–water partition coefficient (Wildman–Crippen LogP) is 2.76. The third-order valence-electron chi connectivity index (χ3n) is 3.80. The van der Waals surface area contributed by atoms with Crippen molar-refractivity contribution in [3.63, 3.8) is 0 Å². The van der Waals surface area contributed by atoms with Gasteiger partial charge in [0.1, 0.15) is 0 Å². The molecule has 0 aromatic heterocycles. The lowest BCUT2D eigenvalue weighted by molar-refractivity contribution is 0.119. The fraction of sp³-hybridized carbons (Fsp3) is 0.471. The van der Waals surface area contributed by atoms with Crippen LogP contribution >= 0.6 is 0 Å². The molecule has 0 radical (unpaired) electrons. The number of ether oxygens (including phenoxy) is 3. The van der Waals surface area contributed by atoms with Crippen LogP contribution in [0.3, 0.4) is 0 Å². The topological polar surface area (TPSA) is 68.8 Å². The first-order chi connectivity index (χ1) is 11.1. The van der Waals surface area contributed by atoms with Crippen molar-refractivity contribution >= 4 is 6.03 Å². The molecule has 2 N–H and O–H groups in total. The third-order valence-corrected chi connectivity index (χ3v) is 3.80. The van der Waals surface area contributed by atoms with Crippen LogP contribution < -0.4 is 20.1 Å². The summed E-state index contributed by atoms with van der Waals surface area (Å²) >= 11 is 0. The minimum absolute atomic E-state index is 0.150. The van der Waals surface area contributed by atoms with E-state index in [4.69, 9.17) is 14.2 Å². The van der Waals surface area contributed by atoms with Gasteiger partial charge in [-0.3, -0.25) is 0 Å². The summed E-state index contributed by atoms with van der Waals surface area (Å²) < 4.78 is 15.8. The summed E-state index contributed by atoms with van der Waals surface area (Å²) in [6, 6.07) is 5.22. The van der Waals surface area contributed by atoms with E-state index in [2.05, 4.69) is 10.6 Å². The molecule has 0 aliphatic carbocycles. The Morgan fingerprint density at radius 2 is 1.91 bits per heavy atom. The Bertz CT molecular complexity index is 564. The van der Waals surface area contributed by atoms with Crippen LogP contribution in [0.4, 0.5) is 4.79 Å². The largest absolute Gasteiger partial charge is 0.493 e. The highest BCUT2D eigenvalue weighted by molar-refractivity contribution is 5.75. The van der Waals surface area contributed by atoms with Gasteiger partial charge in [0, 0.05) is 6.20 Å². The second-order valence-corrected chi connectivity index (χ2v) is 5.37. The van der Waals surface area contributed by atoms with E-state index in [0.29, 0.717) is 11.5 Å². The van der Waals surface area contributed by atoms with Crippen molar-refractivity contribution < 1.29 is 19.0 Å². The molecule has 1 aliphatic rings. The molecule has 126 valence electrons. The molecule has 6 heteroatoms. The Hall–Kier alpha value is -2.21. The Balaban J connectivity index is 1.92. The molecule has 2 rings (SSSR count). The second kappa shape index (κ2) is 8.43. The SMILES string of the molecule is COc1ccc(C(C)NC(=O)NC=C2CCOCC2)cc1OC. The van der Waals surface area contributed by atoms with Crippen molar-refractivity contribution in [2.75, 3.05) is 27.4 Å². The van der Waals surface area contributed by atoms with Crippen molar-refractivity contribution in [1.29, 1.82) is 0 Å². The highest BCUT2D eigenvalue weighted by Gasteiger charge is 2.12. The van der Waals surface area contributed by atoms with E-state index in [-0.39, 0.29) is 12.1 Å². The molecule has 1 aliphatic heterocycles. The summed E-state index contributed by atoms with van der Waals surface area (Å²) in [7, 11) is 3.18. The number of rotatable bonds is 5. The van der Waals surface area contributed by atoms with Crippen LogP contribution in [0.5, 0.6) is 11.5 Å². The monoisotopic (exact) mass is 320 g/mol. The van der Waals surface area contributed by atoms with Crippen molar-refractivity contribution in [2.24, 2.45) is 0 Å². The van der Waals surface area contributed by atoms with Crippen LogP contribution in [0.15, 0.2) is 30.0 Å². The van der Waals surface area contributed by atoms with E-state index < -0.39 is 0 Å². The Labute approximate surface area is 136 Å². The van der Waals surface area contributed by atoms with E-state index in [1.807, 2.05) is 25.1 Å². The Morgan fingerprint density at radius 3 is 2.57 bits per heavy atom. The van der Waals surface area contributed by atoms with Gasteiger partial charge in [-0.2, -0.15) is 0 Å². The minimum atomic E-state index is -0.230. The first kappa shape index (κ1) is 17.1. The van der Waals surface area contributed by atoms with Gasteiger partial charge in [-0.1, -0.05) is 6.07 Å². The molecule has 1 aromatic rings. The fourth-order valence-electron chi connectivity index (χ4n) is 2.39. The Morgan fingerprint density at radius 1 is 1.22 bits per heavy atom. The lowest BCUT2D eigenvalue weighted by Crippen LogP contribution is -2.34. The van der Waals surface area contributed by atoms with Crippen LogP contribution in [-0.4, -0.2) is 33.5 Å². The summed E-state index contributed by atoms with van der Waals surface area (Å²) in [5, 5.41) is 5.68. The predicted molar refractivity (Wildman–Crippen MR) is 87.8 cm³/mol. The van der Waals surface area contributed by atoms with Gasteiger partial charge in [-0.15, -0.1) is 0 Å². The molecule has 1 atom stereocenters. The molecule has 1 fully saturated rings. The summed E-state index contributed by atoms with van der Waals surface area (Å²) in [6.45, 7) is 3.36. The van der Waals surface area contributed by atoms with E-state index in [9.17, 15) is 4.79 Å². The number of carbonyl (C=O) groups excluding carboxylic acids is 1. The summed E-state index contributed by atoms with van der Waals surface area (Å²) in [5.41, 5.74) is 2.14. The summed E-state index contributed by atoms with van der Waals surface area (Å²) in [6.07, 6.45) is 3.51. The van der Waals surface area contributed by atoms with Crippen LogP contribution in [0.2, 0.25) is 0 Å². The summed E-state index contributed by atoms with van der Waals surface area (Å²) in [4.78, 5) is 12.0. The normalized spacial score (nSPS) is 15.5. The number of carbonyl (C=O) groups is 1. The molecule has 0 bridgehead atoms. The van der Waals surface area contributed by atoms with Crippen molar-refractivity contribution in [1.82, 2.24) is 10.6 Å². The van der Waals surface area contributed by atoms with Gasteiger partial charge in [0.25, 0.3) is 0 Å². The number of methoxy groups -OCH3 is 2. The zero-order chi connectivity index (χ0) is 16.7. The minimum Gasteiger partial charge on any atom is -0.493 e. The average molecular weight is 320 g/mol. The number of hydrogen-bond acceptors (Lipinski definition) is 4. The van der Waals surface area contributed by atoms with Gasteiger partial charge in [0.15, 0.2) is 11.5 Å². The molecule has 1 saturated heterocycles. The van der Waals surface area contributed by atoms with Gasteiger partial charge in [-0.25, -0.2) is 4.79 Å². The number of amides is 2. The van der Waals surface area contributed by atoms with Crippen LogP contribution in [0, 0.1) is 0 Å². The highest BCUT2D eigenvalue weighted by Crippen LogP contribution is 2.29. The van der Waals surface area contributed by atoms with Gasteiger partial charge >= 0.3 is 6.03 Å². The van der Waals surface area contributed by atoms with Crippen molar-refractivity contribution in [3.05, 3.63) is 35.5 Å². The number of nitrogens with one attached hydrogen (secondary N) is 2. The lowest BCUT2D eigenvalue weighted by Gasteiger charge is -2.17. The van der Waals surface area contributed by atoms with Crippen molar-refractivity contribution in [2.45, 2.75) is 25.8 Å². The van der Waals surface area contributed by atoms with E-state index >= 15 is 0 Å². The lowest BCUT2D eigenvalue weighted by atomic mass is 10.1. The van der Waals surface area contributed by atoms with Gasteiger partial charge in [-0.05, 0) is 43.0 Å². The summed E-state index contributed by atoms with van der Waals surface area (Å²) in [5.74, 6) is 1.31. The van der Waals surface area contributed by atoms with Crippen LogP contribution in [0.1, 0.15) is 31.4 Å². The zero-order valence-corrected chi connectivity index (χ0v) is 13.8. The Kier molecular flexibility index (Phi) is 6.29. The quantitative estimate of drug-likeness (QED) is 0.875. The van der Waals surface area contributed by atoms with E-state index in [1.54, 1.807) is 20.4 Å². The van der Waals surface area contributed by atoms with Gasteiger partial charge < -0.3 is 24.8 Å². The van der Waals surface area contributed by atoms with Crippen LogP contribution in [-0.2, 0) is 4.74 Å². The van der Waals surface area contributed by atoms with Crippen molar-refractivity contribution in [3.8, 4) is 11.5 Å². The standard InChI is InChI=1S/C17H24N2O4/c1-12(14-4-5-15(21-2)16(10-14)22-3)19-17(20)18-11-13-6-8-23-9-7-13/h4-5,10-12H,6-9H2,1-3H3,(H2,18,19,20). The van der Waals surface area contributed by atoms with Gasteiger partial charge in [0.05, 0.1) is 33.5 Å². The molecule has 0 spiro atoms. The van der Waals surface area contributed by atoms with Crippen LogP contribution in [0.25, 0.3) is 0 Å². The molecule has 6 nitrogen and oxygen atoms in total. The first-order valence-electron chi connectivity index (χ1n) is 7.68. The second-order valence-electron chi connectivity index (χ2n) is 5.37. The molecule has 2 amide bonds. The first-order valence-corrected chi connectivity index (χ1v) is 7.68. The van der Waals surface area contributed by atoms with E-state index in [0.717, 1.165) is 31.6 Å². The zero-order valence-electron chi connectivity index (χ0n) is 13.8. The molecule has 1 heterocycles. The molecule has 0 saturated carbocycles. The molecule has 1 unspecified atom stereocenters. The van der Waals surface area contributed by atoms with Gasteiger partial charge in [0.2, 0.25) is 0 Å². The maximum absolute atomic E-state index is 12.0. The third kappa shape index (κ3) is 4.89. The molecule has 1 aromatic carbocycles. The fourth-order valence-corrected chi connectivity index (χ4v) is 2.39. The molecular formula is C17H24N2O4. The number of benzene rings is 1. The smallest absolute Gasteiger partial charge is 0.319 e. The molecule has 23 heavy (non-hydrogen) atoms. The average Bonchev–Trinajstić information content (AvgIpc) is 2.60. The molecular weight excluding hydrogens is 296 g/mol. The number of urea groups is 1. The highest BCUT2D eigenvalue weighted by atomic mass is 16.5. The van der Waals surface area contributed by atoms with E-state index in [1.165, 1.54) is 5.57 Å². The maximum Gasteiger partial charge on any atom is 0.319 e. The number of hydrogen-bond donors (Lipinski definition) is 2. The maximum atomic E-state index is 12.0.